The molecular formula is C19H27N3O3. The Morgan fingerprint density at radius 1 is 1.12 bits per heavy atom. The van der Waals surface area contributed by atoms with Gasteiger partial charge < -0.3 is 15.5 Å². The first-order valence-corrected chi connectivity index (χ1v) is 8.64. The number of hydrogen-bond donors (Lipinski definition) is 2. The van der Waals surface area contributed by atoms with Crippen molar-refractivity contribution >= 4 is 23.4 Å². The first kappa shape index (κ1) is 19.0. The summed E-state index contributed by atoms with van der Waals surface area (Å²) in [5.74, 6) is -0.237. The Bertz CT molecular complexity index is 656. The van der Waals surface area contributed by atoms with Crippen LogP contribution in [0.1, 0.15) is 44.0 Å². The van der Waals surface area contributed by atoms with Crippen molar-refractivity contribution in [2.75, 3.05) is 25.5 Å². The van der Waals surface area contributed by atoms with E-state index in [4.69, 9.17) is 0 Å². The Balaban J connectivity index is 1.93. The molecule has 25 heavy (non-hydrogen) atoms. The molecule has 6 heteroatoms. The van der Waals surface area contributed by atoms with Crippen molar-refractivity contribution in [1.82, 2.24) is 10.2 Å². The van der Waals surface area contributed by atoms with E-state index in [-0.39, 0.29) is 23.6 Å². The summed E-state index contributed by atoms with van der Waals surface area (Å²) in [6.45, 7) is 6.94. The van der Waals surface area contributed by atoms with Crippen LogP contribution >= 0.6 is 0 Å². The molecule has 1 aromatic rings. The van der Waals surface area contributed by atoms with E-state index in [1.165, 1.54) is 0 Å². The van der Waals surface area contributed by atoms with Gasteiger partial charge in [0.15, 0.2) is 0 Å². The molecule has 0 atom stereocenters. The zero-order chi connectivity index (χ0) is 18.6. The third-order valence-corrected chi connectivity index (χ3v) is 4.41. The largest absolute Gasteiger partial charge is 0.355 e. The lowest BCUT2D eigenvalue weighted by molar-refractivity contribution is -0.142. The Labute approximate surface area is 149 Å². The minimum absolute atomic E-state index is 0.0584. The Morgan fingerprint density at radius 3 is 2.32 bits per heavy atom. The van der Waals surface area contributed by atoms with Crippen LogP contribution in [0, 0.1) is 11.3 Å². The number of piperidine rings is 1. The first-order valence-electron chi connectivity index (χ1n) is 8.64. The van der Waals surface area contributed by atoms with Crippen molar-refractivity contribution in [2.24, 2.45) is 11.3 Å². The Kier molecular flexibility index (Phi) is 5.82. The van der Waals surface area contributed by atoms with Crippen LogP contribution in [0.25, 0.3) is 0 Å². The summed E-state index contributed by atoms with van der Waals surface area (Å²) in [5.41, 5.74) is 0.722. The van der Waals surface area contributed by atoms with Crippen LogP contribution in [0.4, 0.5) is 5.69 Å². The third-order valence-electron chi connectivity index (χ3n) is 4.41. The van der Waals surface area contributed by atoms with Crippen molar-refractivity contribution in [3.05, 3.63) is 29.8 Å². The lowest BCUT2D eigenvalue weighted by atomic mass is 9.90. The molecule has 1 aromatic carbocycles. The van der Waals surface area contributed by atoms with Gasteiger partial charge in [-0.15, -0.1) is 0 Å². The predicted octanol–water partition coefficient (Wildman–Crippen LogP) is 2.27. The van der Waals surface area contributed by atoms with Gasteiger partial charge >= 0.3 is 0 Å². The number of carbonyl (C=O) groups excluding carboxylic acids is 3. The number of hydrogen-bond acceptors (Lipinski definition) is 3. The molecule has 1 fully saturated rings. The van der Waals surface area contributed by atoms with Gasteiger partial charge in [-0.25, -0.2) is 0 Å². The third kappa shape index (κ3) is 4.81. The fraction of sp³-hybridized carbons (Fsp3) is 0.526. The van der Waals surface area contributed by atoms with Crippen molar-refractivity contribution in [1.29, 1.82) is 0 Å². The van der Waals surface area contributed by atoms with Crippen molar-refractivity contribution in [2.45, 2.75) is 33.6 Å². The van der Waals surface area contributed by atoms with E-state index < -0.39 is 5.41 Å². The summed E-state index contributed by atoms with van der Waals surface area (Å²) in [5, 5.41) is 5.45. The molecule has 1 aliphatic heterocycles. The van der Waals surface area contributed by atoms with Gasteiger partial charge in [0, 0.05) is 42.7 Å². The quantitative estimate of drug-likeness (QED) is 0.882. The van der Waals surface area contributed by atoms with Gasteiger partial charge in [-0.1, -0.05) is 26.8 Å². The summed E-state index contributed by atoms with van der Waals surface area (Å²) in [4.78, 5) is 38.3. The van der Waals surface area contributed by atoms with Crippen LogP contribution in [0.5, 0.6) is 0 Å². The minimum Gasteiger partial charge on any atom is -0.355 e. The number of amides is 3. The summed E-state index contributed by atoms with van der Waals surface area (Å²) in [6, 6.07) is 6.87. The zero-order valence-electron chi connectivity index (χ0n) is 15.4. The minimum atomic E-state index is -0.393. The van der Waals surface area contributed by atoms with Crippen molar-refractivity contribution < 1.29 is 14.4 Å². The van der Waals surface area contributed by atoms with Crippen LogP contribution in [0.15, 0.2) is 24.3 Å². The molecule has 0 saturated carbocycles. The standard InChI is InChI=1S/C19H27N3O3/c1-19(2,3)18(25)22-10-8-13(9-11-22)17(24)21-15-7-5-6-14(12-15)16(23)20-4/h5-7,12-13H,8-11H2,1-4H3,(H,20,23)(H,21,24). The van der Waals surface area contributed by atoms with Gasteiger partial charge in [0.1, 0.15) is 0 Å². The van der Waals surface area contributed by atoms with Crippen LogP contribution in [-0.2, 0) is 9.59 Å². The van der Waals surface area contributed by atoms with E-state index in [9.17, 15) is 14.4 Å². The first-order chi connectivity index (χ1) is 11.7. The molecule has 0 bridgehead atoms. The predicted molar refractivity (Wildman–Crippen MR) is 97.2 cm³/mol. The van der Waals surface area contributed by atoms with E-state index in [2.05, 4.69) is 10.6 Å². The number of anilines is 1. The Hall–Kier alpha value is -2.37. The van der Waals surface area contributed by atoms with E-state index in [1.807, 2.05) is 25.7 Å². The van der Waals surface area contributed by atoms with E-state index >= 15 is 0 Å². The van der Waals surface area contributed by atoms with E-state index in [0.717, 1.165) is 0 Å². The average Bonchev–Trinajstić information content (AvgIpc) is 2.60. The summed E-state index contributed by atoms with van der Waals surface area (Å²) >= 11 is 0. The highest BCUT2D eigenvalue weighted by Gasteiger charge is 2.32. The smallest absolute Gasteiger partial charge is 0.251 e. The lowest BCUT2D eigenvalue weighted by Gasteiger charge is -2.35. The highest BCUT2D eigenvalue weighted by atomic mass is 16.2. The normalized spacial score (nSPS) is 15.6. The molecule has 2 rings (SSSR count). The molecule has 1 heterocycles. The lowest BCUT2D eigenvalue weighted by Crippen LogP contribution is -2.45. The average molecular weight is 345 g/mol. The molecular weight excluding hydrogens is 318 g/mol. The van der Waals surface area contributed by atoms with Crippen LogP contribution in [0.2, 0.25) is 0 Å². The molecule has 3 amide bonds. The van der Waals surface area contributed by atoms with E-state index in [1.54, 1.807) is 31.3 Å². The molecule has 136 valence electrons. The maximum atomic E-state index is 12.5. The number of likely N-dealkylation sites (tertiary alicyclic amines) is 1. The van der Waals surface area contributed by atoms with E-state index in [0.29, 0.717) is 37.2 Å². The number of nitrogens with zero attached hydrogens (tertiary/aromatic N) is 1. The number of rotatable bonds is 3. The van der Waals surface area contributed by atoms with Crippen LogP contribution in [-0.4, -0.2) is 42.8 Å². The Morgan fingerprint density at radius 2 is 1.76 bits per heavy atom. The maximum absolute atomic E-state index is 12.5. The second-order valence-electron chi connectivity index (χ2n) is 7.47. The number of benzene rings is 1. The highest BCUT2D eigenvalue weighted by Crippen LogP contribution is 2.24. The maximum Gasteiger partial charge on any atom is 0.251 e. The summed E-state index contributed by atoms with van der Waals surface area (Å²) in [6.07, 6.45) is 1.31. The summed E-state index contributed by atoms with van der Waals surface area (Å²) in [7, 11) is 1.57. The van der Waals surface area contributed by atoms with Gasteiger partial charge in [0.05, 0.1) is 0 Å². The second-order valence-corrected chi connectivity index (χ2v) is 7.47. The fourth-order valence-electron chi connectivity index (χ4n) is 2.95. The van der Waals surface area contributed by atoms with Gasteiger partial charge in [-0.05, 0) is 31.0 Å². The SMILES string of the molecule is CNC(=O)c1cccc(NC(=O)C2CCN(C(=O)C(C)(C)C)CC2)c1. The number of nitrogens with one attached hydrogen (secondary N) is 2. The van der Waals surface area contributed by atoms with Crippen molar-refractivity contribution in [3.63, 3.8) is 0 Å². The van der Waals surface area contributed by atoms with Crippen LogP contribution in [0.3, 0.4) is 0 Å². The molecule has 0 unspecified atom stereocenters. The van der Waals surface area contributed by atoms with Gasteiger partial charge in [-0.3, -0.25) is 14.4 Å². The molecule has 6 nitrogen and oxygen atoms in total. The van der Waals surface area contributed by atoms with Crippen molar-refractivity contribution in [3.8, 4) is 0 Å². The topological polar surface area (TPSA) is 78.5 Å². The molecule has 1 saturated heterocycles. The number of carbonyl (C=O) groups is 3. The second kappa shape index (κ2) is 7.68. The molecule has 0 aromatic heterocycles. The molecule has 0 radical (unpaired) electrons. The summed E-state index contributed by atoms with van der Waals surface area (Å²) < 4.78 is 0. The zero-order valence-corrected chi connectivity index (χ0v) is 15.4. The fourth-order valence-corrected chi connectivity index (χ4v) is 2.95. The monoisotopic (exact) mass is 345 g/mol. The molecule has 1 aliphatic rings. The van der Waals surface area contributed by atoms with Crippen LogP contribution < -0.4 is 10.6 Å². The highest BCUT2D eigenvalue weighted by molar-refractivity contribution is 5.97. The molecule has 0 aliphatic carbocycles. The van der Waals surface area contributed by atoms with Gasteiger partial charge in [-0.2, -0.15) is 0 Å². The van der Waals surface area contributed by atoms with Gasteiger partial charge in [0.2, 0.25) is 11.8 Å². The van der Waals surface area contributed by atoms with Gasteiger partial charge in [0.25, 0.3) is 5.91 Å². The molecule has 0 spiro atoms. The molecule has 2 N–H and O–H groups in total.